The molecule has 0 bridgehead atoms. The molecule has 0 radical (unpaired) electrons. The number of nitrogens with zero attached hydrogens (tertiary/aromatic N) is 2. The van der Waals surface area contributed by atoms with Gasteiger partial charge < -0.3 is 19.5 Å². The Balaban J connectivity index is 1.66. The summed E-state index contributed by atoms with van der Waals surface area (Å²) in [6.07, 6.45) is 0.808. The zero-order valence-corrected chi connectivity index (χ0v) is 15.0. The van der Waals surface area contributed by atoms with E-state index in [2.05, 4.69) is 20.5 Å². The summed E-state index contributed by atoms with van der Waals surface area (Å²) in [5, 5.41) is 11.4. The maximum absolute atomic E-state index is 14.4. The monoisotopic (exact) mass is 400 g/mol. The van der Waals surface area contributed by atoms with Crippen LogP contribution in [-0.2, 0) is 4.74 Å². The number of benzene rings is 2. The number of hydrogen-bond donors (Lipinski definition) is 2. The first-order chi connectivity index (χ1) is 14.1. The fraction of sp³-hybridized carbons (Fsp3) is 0.200. The zero-order valence-electron chi connectivity index (χ0n) is 15.0. The number of nitrogens with one attached hydrogen (secondary N) is 2. The lowest BCUT2D eigenvalue weighted by molar-refractivity contribution is 0.195. The normalized spacial score (nSPS) is 16.6. The first kappa shape index (κ1) is 17.7. The maximum Gasteiger partial charge on any atom is 0.316 e. The molecule has 1 saturated heterocycles. The molecule has 2 N–H and O–H groups in total. The molecule has 29 heavy (non-hydrogen) atoms. The van der Waals surface area contributed by atoms with Gasteiger partial charge in [-0.1, -0.05) is 5.10 Å². The van der Waals surface area contributed by atoms with Gasteiger partial charge in [0.15, 0.2) is 0 Å². The van der Waals surface area contributed by atoms with Crippen LogP contribution in [0.3, 0.4) is 0 Å². The molecule has 0 aliphatic carbocycles. The van der Waals surface area contributed by atoms with Crippen LogP contribution in [0.1, 0.15) is 6.42 Å². The van der Waals surface area contributed by atoms with Gasteiger partial charge in [0.2, 0.25) is 0 Å². The molecule has 3 heterocycles. The third kappa shape index (κ3) is 3.23. The second-order valence-electron chi connectivity index (χ2n) is 6.81. The van der Waals surface area contributed by atoms with Crippen LogP contribution in [0.2, 0.25) is 0 Å². The fourth-order valence-electron chi connectivity index (χ4n) is 3.48. The quantitative estimate of drug-likeness (QED) is 0.527. The van der Waals surface area contributed by atoms with E-state index in [1.807, 2.05) is 0 Å². The summed E-state index contributed by atoms with van der Waals surface area (Å²) < 4.78 is 52.7. The lowest BCUT2D eigenvalue weighted by Crippen LogP contribution is -2.18. The minimum absolute atomic E-state index is 0.0535. The Kier molecular flexibility index (Phi) is 4.24. The number of anilines is 1. The van der Waals surface area contributed by atoms with Crippen LogP contribution in [0.25, 0.3) is 33.6 Å². The second-order valence-corrected chi connectivity index (χ2v) is 6.81. The van der Waals surface area contributed by atoms with Crippen molar-refractivity contribution in [2.75, 3.05) is 18.5 Å². The topological polar surface area (TPSA) is 76.0 Å². The van der Waals surface area contributed by atoms with E-state index in [0.717, 1.165) is 12.5 Å². The van der Waals surface area contributed by atoms with Crippen LogP contribution in [0, 0.1) is 17.5 Å². The lowest BCUT2D eigenvalue weighted by Gasteiger charge is -2.06. The van der Waals surface area contributed by atoms with E-state index in [1.165, 1.54) is 30.3 Å². The molecule has 9 heteroatoms. The molecule has 2 aromatic carbocycles. The highest BCUT2D eigenvalue weighted by Crippen LogP contribution is 2.39. The molecule has 1 aliphatic rings. The molecule has 0 amide bonds. The molecule has 5 rings (SSSR count). The summed E-state index contributed by atoms with van der Waals surface area (Å²) in [6.45, 7) is 1.18. The van der Waals surface area contributed by atoms with Gasteiger partial charge in [-0.25, -0.2) is 13.2 Å². The number of hydrogen-bond acceptors (Lipinski definition) is 5. The van der Waals surface area contributed by atoms with Gasteiger partial charge >= 0.3 is 6.01 Å². The molecule has 6 nitrogen and oxygen atoms in total. The molecule has 4 aromatic rings. The molecule has 1 aliphatic heterocycles. The standard InChI is InChI=1S/C20H15F3N4O2/c21-11-3-1-10(2-4-11)17-16(14-7-12(22)8-15(23)18(14)25-17)19-26-27-20(29-19)24-13-5-6-28-9-13/h1-4,7-8,13,25H,5-6,9H2,(H,24,27). The molecule has 1 atom stereocenters. The molecule has 1 unspecified atom stereocenters. The highest BCUT2D eigenvalue weighted by molar-refractivity contribution is 6.02. The van der Waals surface area contributed by atoms with Crippen molar-refractivity contribution in [1.29, 1.82) is 0 Å². The van der Waals surface area contributed by atoms with E-state index in [4.69, 9.17) is 9.15 Å². The van der Waals surface area contributed by atoms with Crippen molar-refractivity contribution in [2.24, 2.45) is 0 Å². The largest absolute Gasteiger partial charge is 0.403 e. The first-order valence-electron chi connectivity index (χ1n) is 9.03. The number of H-pyrrole nitrogens is 1. The van der Waals surface area contributed by atoms with Gasteiger partial charge in [-0.3, -0.25) is 0 Å². The van der Waals surface area contributed by atoms with Gasteiger partial charge in [-0.05, 0) is 42.3 Å². The van der Waals surface area contributed by atoms with Crippen molar-refractivity contribution in [2.45, 2.75) is 12.5 Å². The summed E-state index contributed by atoms with van der Waals surface area (Å²) in [7, 11) is 0. The smallest absolute Gasteiger partial charge is 0.316 e. The van der Waals surface area contributed by atoms with Gasteiger partial charge in [0.25, 0.3) is 5.89 Å². The summed E-state index contributed by atoms with van der Waals surface area (Å²) >= 11 is 0. The van der Waals surface area contributed by atoms with E-state index in [9.17, 15) is 13.2 Å². The second kappa shape index (κ2) is 6.93. The highest BCUT2D eigenvalue weighted by atomic mass is 19.1. The predicted octanol–water partition coefficient (Wildman–Crippen LogP) is 4.50. The van der Waals surface area contributed by atoms with E-state index >= 15 is 0 Å². The Hall–Kier alpha value is -3.33. The average Bonchev–Trinajstić information content (AvgIpc) is 3.42. The first-order valence-corrected chi connectivity index (χ1v) is 9.03. The van der Waals surface area contributed by atoms with Crippen molar-refractivity contribution in [3.63, 3.8) is 0 Å². The van der Waals surface area contributed by atoms with Crippen molar-refractivity contribution in [3.05, 3.63) is 53.8 Å². The third-order valence-corrected chi connectivity index (χ3v) is 4.85. The van der Waals surface area contributed by atoms with Crippen LogP contribution in [0.4, 0.5) is 19.2 Å². The molecule has 2 aromatic heterocycles. The van der Waals surface area contributed by atoms with Crippen molar-refractivity contribution in [3.8, 4) is 22.7 Å². The highest BCUT2D eigenvalue weighted by Gasteiger charge is 2.24. The number of rotatable bonds is 4. The van der Waals surface area contributed by atoms with E-state index in [0.29, 0.717) is 30.0 Å². The number of fused-ring (bicyclic) bond motifs is 1. The predicted molar refractivity (Wildman–Crippen MR) is 99.7 cm³/mol. The minimum atomic E-state index is -0.754. The Morgan fingerprint density at radius 3 is 2.62 bits per heavy atom. The van der Waals surface area contributed by atoms with E-state index < -0.39 is 17.5 Å². The third-order valence-electron chi connectivity index (χ3n) is 4.85. The maximum atomic E-state index is 14.4. The molecule has 1 fully saturated rings. The van der Waals surface area contributed by atoms with Crippen LogP contribution >= 0.6 is 0 Å². The number of halogens is 3. The summed E-state index contributed by atoms with van der Waals surface area (Å²) in [5.41, 5.74) is 1.42. The van der Waals surface area contributed by atoms with Crippen LogP contribution < -0.4 is 5.32 Å². The van der Waals surface area contributed by atoms with Crippen molar-refractivity contribution < 1.29 is 22.3 Å². The summed E-state index contributed by atoms with van der Waals surface area (Å²) in [6, 6.07) is 7.85. The Bertz CT molecular complexity index is 1180. The Labute approximate surface area is 162 Å². The average molecular weight is 400 g/mol. The SMILES string of the molecule is Fc1ccc(-c2[nH]c3c(F)cc(F)cc3c2-c2nnc(NC3CCOC3)o2)cc1. The van der Waals surface area contributed by atoms with Crippen LogP contribution in [0.5, 0.6) is 0 Å². The van der Waals surface area contributed by atoms with E-state index in [1.54, 1.807) is 0 Å². The minimum Gasteiger partial charge on any atom is -0.403 e. The molecular formula is C20H15F3N4O2. The number of aromatic amines is 1. The van der Waals surface area contributed by atoms with Gasteiger partial charge in [-0.2, -0.15) is 0 Å². The molecule has 0 spiro atoms. The molecule has 148 valence electrons. The van der Waals surface area contributed by atoms with E-state index in [-0.39, 0.29) is 28.9 Å². The fourth-order valence-corrected chi connectivity index (χ4v) is 3.48. The van der Waals surface area contributed by atoms with Gasteiger partial charge in [0.1, 0.15) is 17.5 Å². The Morgan fingerprint density at radius 2 is 1.86 bits per heavy atom. The van der Waals surface area contributed by atoms with Gasteiger partial charge in [-0.15, -0.1) is 5.10 Å². The number of aromatic nitrogens is 3. The number of ether oxygens (including phenoxy) is 1. The summed E-state index contributed by atoms with van der Waals surface area (Å²) in [5.74, 6) is -1.81. The molecular weight excluding hydrogens is 385 g/mol. The van der Waals surface area contributed by atoms with Crippen LogP contribution in [-0.4, -0.2) is 34.4 Å². The van der Waals surface area contributed by atoms with Crippen molar-refractivity contribution >= 4 is 16.9 Å². The van der Waals surface area contributed by atoms with Crippen LogP contribution in [0.15, 0.2) is 40.8 Å². The Morgan fingerprint density at radius 1 is 1.03 bits per heavy atom. The summed E-state index contributed by atoms with van der Waals surface area (Å²) in [4.78, 5) is 2.94. The zero-order chi connectivity index (χ0) is 20.0. The van der Waals surface area contributed by atoms with Gasteiger partial charge in [0, 0.05) is 18.1 Å². The molecule has 0 saturated carbocycles. The van der Waals surface area contributed by atoms with Gasteiger partial charge in [0.05, 0.1) is 29.4 Å². The lowest BCUT2D eigenvalue weighted by atomic mass is 10.0. The van der Waals surface area contributed by atoms with Crippen molar-refractivity contribution in [1.82, 2.24) is 15.2 Å².